The Morgan fingerprint density at radius 3 is 3.11 bits per heavy atom. The first-order valence-electron chi connectivity index (χ1n) is 6.07. The minimum Gasteiger partial charge on any atom is -0.463 e. The molecule has 1 N–H and O–H groups in total. The fourth-order valence-electron chi connectivity index (χ4n) is 2.03. The van der Waals surface area contributed by atoms with Crippen molar-refractivity contribution in [2.24, 2.45) is 0 Å². The predicted molar refractivity (Wildman–Crippen MR) is 71.7 cm³/mol. The first-order valence-corrected chi connectivity index (χ1v) is 7.12. The molecule has 0 bridgehead atoms. The number of thioether (sulfide) groups is 1. The molecule has 1 fully saturated rings. The van der Waals surface area contributed by atoms with E-state index in [2.05, 4.69) is 0 Å². The summed E-state index contributed by atoms with van der Waals surface area (Å²) in [5.74, 6) is 0.965. The van der Waals surface area contributed by atoms with Gasteiger partial charge in [-0.25, -0.2) is 4.39 Å². The van der Waals surface area contributed by atoms with Crippen LogP contribution in [-0.4, -0.2) is 41.7 Å². The number of nitrogens with zero attached hydrogens (tertiary/aromatic N) is 1. The molecule has 2 rings (SSSR count). The van der Waals surface area contributed by atoms with E-state index in [1.807, 2.05) is 6.07 Å². The summed E-state index contributed by atoms with van der Waals surface area (Å²) in [4.78, 5) is 13.6. The van der Waals surface area contributed by atoms with Crippen LogP contribution in [0.3, 0.4) is 0 Å². The highest BCUT2D eigenvalue weighted by Gasteiger charge is 2.32. The van der Waals surface area contributed by atoms with Gasteiger partial charge in [0.15, 0.2) is 0 Å². The summed E-state index contributed by atoms with van der Waals surface area (Å²) in [7, 11) is 0. The Morgan fingerprint density at radius 2 is 2.37 bits per heavy atom. The topological polar surface area (TPSA) is 49.8 Å². The van der Waals surface area contributed by atoms with Gasteiger partial charge in [0.1, 0.15) is 11.1 Å². The van der Waals surface area contributed by atoms with Crippen LogP contribution in [0.5, 0.6) is 5.75 Å². The molecule has 1 aliphatic rings. The molecular weight excluding hydrogens is 269 g/mol. The average molecular weight is 285 g/mol. The van der Waals surface area contributed by atoms with E-state index >= 15 is 0 Å². The second-order valence-electron chi connectivity index (χ2n) is 4.15. The van der Waals surface area contributed by atoms with Crippen LogP contribution in [0.1, 0.15) is 17.4 Å². The van der Waals surface area contributed by atoms with Crippen LogP contribution in [0.15, 0.2) is 24.3 Å². The molecule has 1 aromatic rings. The number of hydrogen-bond donors (Lipinski definition) is 1. The summed E-state index contributed by atoms with van der Waals surface area (Å²) in [6, 6.07) is 7.12. The van der Waals surface area contributed by atoms with Gasteiger partial charge >= 0.3 is 0 Å². The molecule has 0 aromatic heterocycles. The number of hydrogen-bond acceptors (Lipinski definition) is 4. The highest BCUT2D eigenvalue weighted by atomic mass is 32.2. The van der Waals surface area contributed by atoms with E-state index in [-0.39, 0.29) is 17.9 Å². The minimum atomic E-state index is -0.867. The molecule has 1 heterocycles. The van der Waals surface area contributed by atoms with Crippen LogP contribution in [0.4, 0.5) is 4.39 Å². The van der Waals surface area contributed by atoms with Crippen molar-refractivity contribution in [1.82, 2.24) is 4.90 Å². The summed E-state index contributed by atoms with van der Waals surface area (Å²) in [6.45, 7) is -0.276. The standard InChI is InChI=1S/C13H16FNO3S/c14-9-18-11-4-1-3-10(7-11)13-15(5-2-6-16)12(17)8-19-13/h1,3-4,7,13,16H,2,5-6,8-9H2. The van der Waals surface area contributed by atoms with Crippen molar-refractivity contribution in [2.75, 3.05) is 25.8 Å². The zero-order valence-corrected chi connectivity index (χ0v) is 11.2. The first kappa shape index (κ1) is 14.1. The quantitative estimate of drug-likeness (QED) is 0.868. The lowest BCUT2D eigenvalue weighted by Gasteiger charge is -2.24. The fourth-order valence-corrected chi connectivity index (χ4v) is 3.24. The van der Waals surface area contributed by atoms with Gasteiger partial charge in [-0.05, 0) is 24.1 Å². The molecule has 0 aliphatic carbocycles. The van der Waals surface area contributed by atoms with Gasteiger partial charge in [-0.2, -0.15) is 0 Å². The lowest BCUT2D eigenvalue weighted by molar-refractivity contribution is -0.128. The molecule has 1 unspecified atom stereocenters. The molecule has 1 aromatic carbocycles. The summed E-state index contributed by atoms with van der Waals surface area (Å²) in [5, 5.41) is 8.80. The Hall–Kier alpha value is -1.27. The third-order valence-electron chi connectivity index (χ3n) is 2.89. The summed E-state index contributed by atoms with van der Waals surface area (Å²) < 4.78 is 17.0. The largest absolute Gasteiger partial charge is 0.463 e. The van der Waals surface area contributed by atoms with Gasteiger partial charge in [0.25, 0.3) is 0 Å². The Bertz CT molecular complexity index is 444. The van der Waals surface area contributed by atoms with Crippen LogP contribution in [0.2, 0.25) is 0 Å². The second kappa shape index (κ2) is 6.77. The smallest absolute Gasteiger partial charge is 0.233 e. The fraction of sp³-hybridized carbons (Fsp3) is 0.462. The minimum absolute atomic E-state index is 0.0617. The van der Waals surface area contributed by atoms with Crippen LogP contribution in [0, 0.1) is 0 Å². The van der Waals surface area contributed by atoms with Crippen molar-refractivity contribution in [3.8, 4) is 5.75 Å². The molecule has 1 atom stereocenters. The first-order chi connectivity index (χ1) is 9.26. The number of halogens is 1. The van der Waals surface area contributed by atoms with Crippen LogP contribution >= 0.6 is 11.8 Å². The maximum atomic E-state index is 12.2. The molecule has 1 aliphatic heterocycles. The third-order valence-corrected chi connectivity index (χ3v) is 4.15. The highest BCUT2D eigenvalue weighted by molar-refractivity contribution is 8.00. The van der Waals surface area contributed by atoms with Crippen LogP contribution in [0.25, 0.3) is 0 Å². The number of carbonyl (C=O) groups is 1. The maximum absolute atomic E-state index is 12.2. The van der Waals surface area contributed by atoms with Crippen molar-refractivity contribution in [3.63, 3.8) is 0 Å². The van der Waals surface area contributed by atoms with E-state index < -0.39 is 6.86 Å². The second-order valence-corrected chi connectivity index (χ2v) is 5.22. The predicted octanol–water partition coefficient (Wildman–Crippen LogP) is 1.95. The molecule has 1 saturated heterocycles. The molecular formula is C13H16FNO3S. The van der Waals surface area contributed by atoms with Crippen molar-refractivity contribution < 1.29 is 19.0 Å². The van der Waals surface area contributed by atoms with E-state index in [0.29, 0.717) is 24.5 Å². The molecule has 1 amide bonds. The Labute approximate surface area is 115 Å². The van der Waals surface area contributed by atoms with Crippen molar-refractivity contribution in [2.45, 2.75) is 11.8 Å². The number of aliphatic hydroxyl groups excluding tert-OH is 1. The summed E-state index contributed by atoms with van der Waals surface area (Å²) >= 11 is 1.53. The van der Waals surface area contributed by atoms with E-state index in [9.17, 15) is 9.18 Å². The molecule has 4 nitrogen and oxygen atoms in total. The molecule has 0 spiro atoms. The normalized spacial score (nSPS) is 18.9. The molecule has 19 heavy (non-hydrogen) atoms. The summed E-state index contributed by atoms with van der Waals surface area (Å²) in [5.41, 5.74) is 0.916. The van der Waals surface area contributed by atoms with Crippen LogP contribution < -0.4 is 4.74 Å². The Balaban J connectivity index is 2.14. The van der Waals surface area contributed by atoms with Gasteiger partial charge in [0.2, 0.25) is 12.8 Å². The number of amides is 1. The van der Waals surface area contributed by atoms with E-state index in [0.717, 1.165) is 5.56 Å². The van der Waals surface area contributed by atoms with Gasteiger partial charge in [-0.1, -0.05) is 12.1 Å². The van der Waals surface area contributed by atoms with Gasteiger partial charge in [0, 0.05) is 13.2 Å². The average Bonchev–Trinajstić information content (AvgIpc) is 2.78. The van der Waals surface area contributed by atoms with E-state index in [1.165, 1.54) is 11.8 Å². The highest BCUT2D eigenvalue weighted by Crippen LogP contribution is 2.39. The van der Waals surface area contributed by atoms with Gasteiger partial charge in [-0.15, -0.1) is 11.8 Å². The van der Waals surface area contributed by atoms with Crippen LogP contribution in [-0.2, 0) is 4.79 Å². The van der Waals surface area contributed by atoms with Crippen molar-refractivity contribution >= 4 is 17.7 Å². The number of ether oxygens (including phenoxy) is 1. The zero-order valence-electron chi connectivity index (χ0n) is 10.4. The van der Waals surface area contributed by atoms with E-state index in [1.54, 1.807) is 23.1 Å². The van der Waals surface area contributed by atoms with Gasteiger partial charge in [0.05, 0.1) is 5.75 Å². The SMILES string of the molecule is O=C1CSC(c2cccc(OCF)c2)N1CCCO. The Kier molecular flexibility index (Phi) is 5.04. The van der Waals surface area contributed by atoms with Gasteiger partial charge < -0.3 is 14.7 Å². The summed E-state index contributed by atoms with van der Waals surface area (Å²) in [6.07, 6.45) is 0.559. The van der Waals surface area contributed by atoms with E-state index in [4.69, 9.17) is 9.84 Å². The number of rotatable bonds is 6. The lowest BCUT2D eigenvalue weighted by Crippen LogP contribution is -2.29. The number of carbonyl (C=O) groups excluding carboxylic acids is 1. The molecule has 0 saturated carbocycles. The molecule has 6 heteroatoms. The lowest BCUT2D eigenvalue weighted by atomic mass is 10.2. The number of alkyl halides is 1. The van der Waals surface area contributed by atoms with Crippen molar-refractivity contribution in [1.29, 1.82) is 0 Å². The monoisotopic (exact) mass is 285 g/mol. The number of benzene rings is 1. The Morgan fingerprint density at radius 1 is 1.53 bits per heavy atom. The molecule has 104 valence electrons. The number of aliphatic hydroxyl groups is 1. The maximum Gasteiger partial charge on any atom is 0.233 e. The third kappa shape index (κ3) is 3.39. The van der Waals surface area contributed by atoms with Gasteiger partial charge in [-0.3, -0.25) is 4.79 Å². The molecule has 0 radical (unpaired) electrons. The zero-order chi connectivity index (χ0) is 13.7. The van der Waals surface area contributed by atoms with Crippen molar-refractivity contribution in [3.05, 3.63) is 29.8 Å².